The van der Waals surface area contributed by atoms with E-state index >= 15 is 0 Å². The van der Waals surface area contributed by atoms with Crippen molar-refractivity contribution in [2.75, 3.05) is 32.1 Å². The van der Waals surface area contributed by atoms with E-state index in [2.05, 4.69) is 31.3 Å². The molecule has 1 aliphatic heterocycles. The summed E-state index contributed by atoms with van der Waals surface area (Å²) in [7, 11) is 3.65. The molecular weight excluding hydrogens is 392 g/mol. The summed E-state index contributed by atoms with van der Waals surface area (Å²) >= 11 is 0. The fourth-order valence-corrected chi connectivity index (χ4v) is 4.40. The molecule has 1 fully saturated rings. The van der Waals surface area contributed by atoms with Crippen LogP contribution in [0.5, 0.6) is 0 Å². The van der Waals surface area contributed by atoms with Crippen LogP contribution in [0, 0.1) is 5.92 Å². The number of anilines is 1. The molecule has 0 saturated carbocycles. The van der Waals surface area contributed by atoms with E-state index in [0.29, 0.717) is 17.3 Å². The zero-order valence-corrected chi connectivity index (χ0v) is 17.8. The lowest BCUT2D eigenvalue weighted by atomic mass is 10.1. The number of rotatable bonds is 6. The second kappa shape index (κ2) is 8.13. The average Bonchev–Trinajstić information content (AvgIpc) is 3.47. The van der Waals surface area contributed by atoms with Gasteiger partial charge in [0.2, 0.25) is 0 Å². The van der Waals surface area contributed by atoms with E-state index in [0.717, 1.165) is 53.7 Å². The highest BCUT2D eigenvalue weighted by Gasteiger charge is 2.22. The summed E-state index contributed by atoms with van der Waals surface area (Å²) in [6.07, 6.45) is 4.73. The fourth-order valence-electron chi connectivity index (χ4n) is 4.40. The zero-order valence-electron chi connectivity index (χ0n) is 17.8. The van der Waals surface area contributed by atoms with E-state index in [1.807, 2.05) is 25.2 Å². The van der Waals surface area contributed by atoms with Crippen LogP contribution < -0.4 is 5.32 Å². The molecule has 0 radical (unpaired) electrons. The molecule has 3 aromatic heterocycles. The van der Waals surface area contributed by atoms with Gasteiger partial charge in [0, 0.05) is 61.5 Å². The summed E-state index contributed by atoms with van der Waals surface area (Å²) < 4.78 is 7.08. The standard InChI is InChI=1S/C23H26N6O2/c1-28-21-4-3-16(7-18(21)11-25-28)23(30)27-22-9-20-17(10-24-22)8-19(26-20)13-29-6-5-15(12-29)14-31-2/h3-4,7-11,15,26H,5-6,12-14H2,1-2H3,(H,24,27,30). The van der Waals surface area contributed by atoms with Crippen LogP contribution in [-0.4, -0.2) is 57.4 Å². The number of aryl methyl sites for hydroxylation is 1. The maximum Gasteiger partial charge on any atom is 0.256 e. The number of methoxy groups -OCH3 is 1. The Hall–Kier alpha value is -3.23. The molecule has 31 heavy (non-hydrogen) atoms. The van der Waals surface area contributed by atoms with Crippen LogP contribution in [-0.2, 0) is 18.3 Å². The predicted octanol–water partition coefficient (Wildman–Crippen LogP) is 3.17. The Labute approximate surface area is 180 Å². The third kappa shape index (κ3) is 4.04. The lowest BCUT2D eigenvalue weighted by molar-refractivity contribution is 0.102. The molecule has 1 saturated heterocycles. The number of ether oxygens (including phenoxy) is 1. The predicted molar refractivity (Wildman–Crippen MR) is 120 cm³/mol. The van der Waals surface area contributed by atoms with Crippen LogP contribution in [0.25, 0.3) is 21.8 Å². The minimum atomic E-state index is -0.189. The van der Waals surface area contributed by atoms with E-state index in [1.165, 1.54) is 6.42 Å². The lowest BCUT2D eigenvalue weighted by Crippen LogP contribution is -2.21. The molecule has 4 aromatic rings. The van der Waals surface area contributed by atoms with Gasteiger partial charge in [-0.25, -0.2) is 4.98 Å². The molecule has 1 aliphatic rings. The highest BCUT2D eigenvalue weighted by Crippen LogP contribution is 2.23. The molecule has 8 nitrogen and oxygen atoms in total. The van der Waals surface area contributed by atoms with Gasteiger partial charge in [-0.2, -0.15) is 5.10 Å². The van der Waals surface area contributed by atoms with Gasteiger partial charge in [0.05, 0.1) is 23.8 Å². The van der Waals surface area contributed by atoms with Gasteiger partial charge in [-0.05, 0) is 43.1 Å². The minimum Gasteiger partial charge on any atom is -0.384 e. The number of pyridine rings is 1. The monoisotopic (exact) mass is 418 g/mol. The van der Waals surface area contributed by atoms with Crippen LogP contribution in [0.4, 0.5) is 5.82 Å². The molecule has 1 unspecified atom stereocenters. The zero-order chi connectivity index (χ0) is 21.4. The molecule has 0 spiro atoms. The smallest absolute Gasteiger partial charge is 0.256 e. The van der Waals surface area contributed by atoms with Crippen LogP contribution in [0.2, 0.25) is 0 Å². The largest absolute Gasteiger partial charge is 0.384 e. The number of fused-ring (bicyclic) bond motifs is 2. The first kappa shape index (κ1) is 19.7. The number of hydrogen-bond acceptors (Lipinski definition) is 5. The van der Waals surface area contributed by atoms with Gasteiger partial charge < -0.3 is 15.0 Å². The van der Waals surface area contributed by atoms with Gasteiger partial charge in [0.1, 0.15) is 5.82 Å². The molecule has 1 atom stereocenters. The Kier molecular flexibility index (Phi) is 5.17. The normalized spacial score (nSPS) is 17.0. The second-order valence-electron chi connectivity index (χ2n) is 8.29. The van der Waals surface area contributed by atoms with E-state index in [4.69, 9.17) is 4.74 Å². The lowest BCUT2D eigenvalue weighted by Gasteiger charge is -2.14. The Balaban J connectivity index is 1.28. The molecular formula is C23H26N6O2. The summed E-state index contributed by atoms with van der Waals surface area (Å²) in [5.74, 6) is 0.952. The SMILES string of the molecule is COCC1CCN(Cc2cc3cnc(NC(=O)c4ccc5c(cnn5C)c4)cc3[nH]2)C1. The quantitative estimate of drug-likeness (QED) is 0.502. The summed E-state index contributed by atoms with van der Waals surface area (Å²) in [6.45, 7) is 3.85. The minimum absolute atomic E-state index is 0.189. The summed E-state index contributed by atoms with van der Waals surface area (Å²) in [4.78, 5) is 23.1. The van der Waals surface area contributed by atoms with Crippen LogP contribution in [0.1, 0.15) is 22.5 Å². The Morgan fingerprint density at radius 2 is 2.16 bits per heavy atom. The number of aromatic amines is 1. The first-order chi connectivity index (χ1) is 15.1. The maximum atomic E-state index is 12.7. The van der Waals surface area contributed by atoms with Gasteiger partial charge in [-0.1, -0.05) is 0 Å². The molecule has 2 N–H and O–H groups in total. The molecule has 0 bridgehead atoms. The van der Waals surface area contributed by atoms with Crippen LogP contribution >= 0.6 is 0 Å². The molecule has 4 heterocycles. The van der Waals surface area contributed by atoms with Crippen molar-refractivity contribution in [2.24, 2.45) is 13.0 Å². The van der Waals surface area contributed by atoms with Crippen molar-refractivity contribution >= 4 is 33.5 Å². The number of likely N-dealkylation sites (tertiary alicyclic amines) is 1. The number of benzene rings is 1. The molecule has 8 heteroatoms. The molecule has 0 aliphatic carbocycles. The third-order valence-corrected chi connectivity index (χ3v) is 5.98. The van der Waals surface area contributed by atoms with E-state index in [9.17, 15) is 4.79 Å². The maximum absolute atomic E-state index is 12.7. The number of nitrogens with one attached hydrogen (secondary N) is 2. The van der Waals surface area contributed by atoms with E-state index < -0.39 is 0 Å². The average molecular weight is 419 g/mol. The fraction of sp³-hybridized carbons (Fsp3) is 0.348. The van der Waals surface area contributed by atoms with Crippen molar-refractivity contribution in [1.29, 1.82) is 0 Å². The Bertz CT molecular complexity index is 1240. The first-order valence-corrected chi connectivity index (χ1v) is 10.5. The highest BCUT2D eigenvalue weighted by molar-refractivity contribution is 6.06. The second-order valence-corrected chi connectivity index (χ2v) is 8.29. The Morgan fingerprint density at radius 1 is 1.26 bits per heavy atom. The summed E-state index contributed by atoms with van der Waals surface area (Å²) in [6, 6.07) is 9.57. The van der Waals surface area contributed by atoms with E-state index in [1.54, 1.807) is 30.3 Å². The number of nitrogens with zero attached hydrogens (tertiary/aromatic N) is 4. The first-order valence-electron chi connectivity index (χ1n) is 10.5. The summed E-state index contributed by atoms with van der Waals surface area (Å²) in [5.41, 5.74) is 3.69. The van der Waals surface area contributed by atoms with Crippen molar-refractivity contribution in [3.05, 3.63) is 54.0 Å². The molecule has 1 aromatic carbocycles. The number of hydrogen-bond donors (Lipinski definition) is 2. The Morgan fingerprint density at radius 3 is 3.03 bits per heavy atom. The van der Waals surface area contributed by atoms with Crippen molar-refractivity contribution in [3.63, 3.8) is 0 Å². The van der Waals surface area contributed by atoms with Crippen molar-refractivity contribution in [3.8, 4) is 0 Å². The van der Waals surface area contributed by atoms with Gasteiger partial charge in [0.15, 0.2) is 0 Å². The van der Waals surface area contributed by atoms with Crippen LogP contribution in [0.15, 0.2) is 42.7 Å². The van der Waals surface area contributed by atoms with Gasteiger partial charge in [0.25, 0.3) is 5.91 Å². The van der Waals surface area contributed by atoms with Gasteiger partial charge >= 0.3 is 0 Å². The van der Waals surface area contributed by atoms with Crippen molar-refractivity contribution in [2.45, 2.75) is 13.0 Å². The molecule has 160 valence electrons. The van der Waals surface area contributed by atoms with E-state index in [-0.39, 0.29) is 5.91 Å². The molecule has 5 rings (SSSR count). The van der Waals surface area contributed by atoms with Gasteiger partial charge in [-0.3, -0.25) is 14.4 Å². The number of H-pyrrole nitrogens is 1. The van der Waals surface area contributed by atoms with Gasteiger partial charge in [-0.15, -0.1) is 0 Å². The number of carbonyl (C=O) groups excluding carboxylic acids is 1. The number of carbonyl (C=O) groups is 1. The molecule has 1 amide bonds. The van der Waals surface area contributed by atoms with Crippen LogP contribution in [0.3, 0.4) is 0 Å². The topological polar surface area (TPSA) is 88.1 Å². The van der Waals surface area contributed by atoms with Crippen molar-refractivity contribution < 1.29 is 9.53 Å². The number of aromatic nitrogens is 4. The van der Waals surface area contributed by atoms with Crippen molar-refractivity contribution in [1.82, 2.24) is 24.6 Å². The third-order valence-electron chi connectivity index (χ3n) is 5.98. The number of amides is 1. The summed E-state index contributed by atoms with van der Waals surface area (Å²) in [5, 5.41) is 9.10. The highest BCUT2D eigenvalue weighted by atomic mass is 16.5.